The van der Waals surface area contributed by atoms with Crippen molar-refractivity contribution in [1.29, 1.82) is 0 Å². The molecule has 0 aromatic carbocycles. The number of hydrogen-bond acceptors (Lipinski definition) is 3. The summed E-state index contributed by atoms with van der Waals surface area (Å²) in [5.41, 5.74) is 2.94. The number of nitrogens with zero attached hydrogens (tertiary/aromatic N) is 2. The number of carbonyl (C=O) groups is 1. The monoisotopic (exact) mass is 279 g/mol. The Morgan fingerprint density at radius 2 is 2.05 bits per heavy atom. The van der Waals surface area contributed by atoms with Crippen molar-refractivity contribution in [3.05, 3.63) is 17.5 Å². The molecule has 5 nitrogen and oxygen atoms in total. The predicted octanol–water partition coefficient (Wildman–Crippen LogP) is 1.43. The number of aliphatic carboxylic acids is 1. The van der Waals surface area contributed by atoms with Crippen molar-refractivity contribution in [3.63, 3.8) is 0 Å². The van der Waals surface area contributed by atoms with Crippen molar-refractivity contribution >= 4 is 5.97 Å². The molecule has 0 amide bonds. The number of rotatable bonds is 0. The first kappa shape index (κ1) is 15.5. The van der Waals surface area contributed by atoms with Crippen LogP contribution in [0.3, 0.4) is 0 Å². The van der Waals surface area contributed by atoms with E-state index in [1.807, 2.05) is 17.9 Å². The van der Waals surface area contributed by atoms with E-state index >= 15 is 0 Å². The molecule has 8 heteroatoms. The predicted molar refractivity (Wildman–Crippen MR) is 61.6 cm³/mol. The smallest absolute Gasteiger partial charge is 0.475 e. The maximum Gasteiger partial charge on any atom is 0.490 e. The van der Waals surface area contributed by atoms with Crippen LogP contribution < -0.4 is 5.32 Å². The molecule has 1 aliphatic heterocycles. The second kappa shape index (κ2) is 5.20. The summed E-state index contributed by atoms with van der Waals surface area (Å²) in [5.74, 6) is -2.76. The first-order valence-electron chi connectivity index (χ1n) is 5.58. The number of nitrogens with one attached hydrogen (secondary N) is 1. The minimum Gasteiger partial charge on any atom is -0.475 e. The molecule has 0 saturated carbocycles. The Bertz CT molecular complexity index is 466. The Hall–Kier alpha value is -1.57. The summed E-state index contributed by atoms with van der Waals surface area (Å²) < 4.78 is 33.7. The molecule has 2 rings (SSSR count). The SMILES string of the molecule is Cn1ncc2c1C(C)(C)CNC2.O=C(O)C(F)(F)F. The number of alkyl halides is 3. The fourth-order valence-corrected chi connectivity index (χ4v) is 2.08. The van der Waals surface area contributed by atoms with Gasteiger partial charge in [0.15, 0.2) is 0 Å². The Kier molecular flexibility index (Phi) is 4.24. The van der Waals surface area contributed by atoms with Crippen LogP contribution in [0.1, 0.15) is 25.1 Å². The highest BCUT2D eigenvalue weighted by atomic mass is 19.4. The fraction of sp³-hybridized carbons (Fsp3) is 0.636. The number of halogens is 3. The molecule has 0 spiro atoms. The summed E-state index contributed by atoms with van der Waals surface area (Å²) in [6.07, 6.45) is -3.12. The third-order valence-electron chi connectivity index (χ3n) is 2.78. The summed E-state index contributed by atoms with van der Waals surface area (Å²) in [5, 5.41) is 14.8. The second-order valence-electron chi connectivity index (χ2n) is 4.93. The van der Waals surface area contributed by atoms with E-state index in [4.69, 9.17) is 9.90 Å². The van der Waals surface area contributed by atoms with Gasteiger partial charge in [-0.1, -0.05) is 13.8 Å². The molecule has 2 heterocycles. The molecule has 1 aliphatic rings. The summed E-state index contributed by atoms with van der Waals surface area (Å²) in [6.45, 7) is 6.51. The standard InChI is InChI=1S/C9H15N3.C2HF3O2/c1-9(2)6-10-4-7-5-11-12(3)8(7)9;3-2(4,5)1(6)7/h5,10H,4,6H2,1-3H3;(H,6,7). The maximum atomic E-state index is 10.6. The number of aryl methyl sites for hydroxylation is 1. The van der Waals surface area contributed by atoms with Crippen molar-refractivity contribution in [1.82, 2.24) is 15.1 Å². The molecule has 2 N–H and O–H groups in total. The summed E-state index contributed by atoms with van der Waals surface area (Å²) in [4.78, 5) is 8.90. The molecule has 0 atom stereocenters. The van der Waals surface area contributed by atoms with Gasteiger partial charge in [0.2, 0.25) is 0 Å². The van der Waals surface area contributed by atoms with Gasteiger partial charge in [0.05, 0.1) is 6.20 Å². The van der Waals surface area contributed by atoms with Gasteiger partial charge in [0, 0.05) is 36.8 Å². The van der Waals surface area contributed by atoms with E-state index in [1.165, 1.54) is 11.3 Å². The van der Waals surface area contributed by atoms with Crippen molar-refractivity contribution in [2.45, 2.75) is 32.0 Å². The number of hydrogen-bond donors (Lipinski definition) is 2. The number of aromatic nitrogens is 2. The molecular formula is C11H16F3N3O2. The van der Waals surface area contributed by atoms with Gasteiger partial charge in [-0.05, 0) is 0 Å². The molecule has 108 valence electrons. The van der Waals surface area contributed by atoms with Gasteiger partial charge in [-0.3, -0.25) is 4.68 Å². The second-order valence-corrected chi connectivity index (χ2v) is 4.93. The first-order valence-corrected chi connectivity index (χ1v) is 5.58. The molecule has 1 aromatic rings. The van der Waals surface area contributed by atoms with Gasteiger partial charge in [0.25, 0.3) is 0 Å². The van der Waals surface area contributed by atoms with Crippen molar-refractivity contribution < 1.29 is 23.1 Å². The van der Waals surface area contributed by atoms with Gasteiger partial charge >= 0.3 is 12.1 Å². The molecule has 0 saturated heterocycles. The van der Waals surface area contributed by atoms with E-state index < -0.39 is 12.1 Å². The van der Waals surface area contributed by atoms with Crippen LogP contribution in [0.25, 0.3) is 0 Å². The lowest BCUT2D eigenvalue weighted by Gasteiger charge is -2.31. The van der Waals surface area contributed by atoms with E-state index in [-0.39, 0.29) is 5.41 Å². The lowest BCUT2D eigenvalue weighted by Crippen LogP contribution is -2.39. The van der Waals surface area contributed by atoms with Crippen LogP contribution in [0.2, 0.25) is 0 Å². The van der Waals surface area contributed by atoms with Crippen molar-refractivity contribution in [3.8, 4) is 0 Å². The molecule has 0 aliphatic carbocycles. The van der Waals surface area contributed by atoms with Crippen LogP contribution in [-0.2, 0) is 23.8 Å². The van der Waals surface area contributed by atoms with Crippen LogP contribution in [0.5, 0.6) is 0 Å². The third-order valence-corrected chi connectivity index (χ3v) is 2.78. The number of fused-ring (bicyclic) bond motifs is 1. The Morgan fingerprint density at radius 3 is 2.47 bits per heavy atom. The van der Waals surface area contributed by atoms with Crippen molar-refractivity contribution in [2.75, 3.05) is 6.54 Å². The highest BCUT2D eigenvalue weighted by Crippen LogP contribution is 2.28. The van der Waals surface area contributed by atoms with E-state index in [0.29, 0.717) is 0 Å². The van der Waals surface area contributed by atoms with Crippen LogP contribution >= 0.6 is 0 Å². The average Bonchev–Trinajstić information content (AvgIpc) is 2.60. The summed E-state index contributed by atoms with van der Waals surface area (Å²) in [6, 6.07) is 0. The van der Waals surface area contributed by atoms with Crippen molar-refractivity contribution in [2.24, 2.45) is 7.05 Å². The fourth-order valence-electron chi connectivity index (χ4n) is 2.08. The van der Waals surface area contributed by atoms with Gasteiger partial charge in [0.1, 0.15) is 0 Å². The molecule has 0 radical (unpaired) electrons. The zero-order chi connectivity index (χ0) is 14.8. The van der Waals surface area contributed by atoms with Gasteiger partial charge < -0.3 is 10.4 Å². The molecular weight excluding hydrogens is 263 g/mol. The van der Waals surface area contributed by atoms with E-state index in [1.54, 1.807) is 0 Å². The van der Waals surface area contributed by atoms with E-state index in [0.717, 1.165) is 13.1 Å². The van der Waals surface area contributed by atoms with Gasteiger partial charge in [-0.2, -0.15) is 18.3 Å². The lowest BCUT2D eigenvalue weighted by atomic mass is 9.84. The zero-order valence-corrected chi connectivity index (χ0v) is 10.9. The molecule has 0 fully saturated rings. The first-order chi connectivity index (χ1) is 8.55. The lowest BCUT2D eigenvalue weighted by molar-refractivity contribution is -0.192. The van der Waals surface area contributed by atoms with Gasteiger partial charge in [-0.25, -0.2) is 4.79 Å². The minimum absolute atomic E-state index is 0.221. The maximum absolute atomic E-state index is 10.6. The molecule has 0 unspecified atom stereocenters. The van der Waals surface area contributed by atoms with Crippen LogP contribution in [-0.4, -0.2) is 33.6 Å². The topological polar surface area (TPSA) is 67.2 Å². The summed E-state index contributed by atoms with van der Waals surface area (Å²) >= 11 is 0. The largest absolute Gasteiger partial charge is 0.490 e. The number of carboxylic acid groups (broad SMARTS) is 1. The molecule has 1 aromatic heterocycles. The van der Waals surface area contributed by atoms with Crippen LogP contribution in [0, 0.1) is 0 Å². The van der Waals surface area contributed by atoms with Gasteiger partial charge in [-0.15, -0.1) is 0 Å². The van der Waals surface area contributed by atoms with Crippen LogP contribution in [0.15, 0.2) is 6.20 Å². The Balaban J connectivity index is 0.000000224. The highest BCUT2D eigenvalue weighted by Gasteiger charge is 2.38. The van der Waals surface area contributed by atoms with E-state index in [9.17, 15) is 13.2 Å². The summed E-state index contributed by atoms with van der Waals surface area (Å²) in [7, 11) is 2.02. The Labute approximate surface area is 108 Å². The highest BCUT2D eigenvalue weighted by molar-refractivity contribution is 5.73. The zero-order valence-electron chi connectivity index (χ0n) is 10.9. The van der Waals surface area contributed by atoms with E-state index in [2.05, 4.69) is 24.3 Å². The van der Waals surface area contributed by atoms with Crippen LogP contribution in [0.4, 0.5) is 13.2 Å². The quantitative estimate of drug-likeness (QED) is 0.754. The normalized spacial score (nSPS) is 17.2. The number of carboxylic acids is 1. The Morgan fingerprint density at radius 1 is 1.53 bits per heavy atom. The minimum atomic E-state index is -5.08. The third kappa shape index (κ3) is 3.69. The molecule has 19 heavy (non-hydrogen) atoms. The average molecular weight is 279 g/mol. The molecule has 0 bridgehead atoms.